The summed E-state index contributed by atoms with van der Waals surface area (Å²) in [6.45, 7) is 6.97. The summed E-state index contributed by atoms with van der Waals surface area (Å²) in [5, 5.41) is 6.77. The standard InChI is InChI=1S/C24H28N4O3S/c1-15(2)21(20-10-11-27-31-20)24(30)28-12-4-5-19(28)23(29)25-13-17-6-8-18(9-7-17)22-16(3)26-14-32-22/h6-11,14-15,19,21H,4-5,12-13H2,1-3H3,(H,25,29)/t19-,21?/m0/s1. The molecule has 3 aromatic rings. The van der Waals surface area contributed by atoms with Gasteiger partial charge in [0.25, 0.3) is 0 Å². The number of benzene rings is 1. The molecule has 1 saturated heterocycles. The second kappa shape index (κ2) is 9.65. The highest BCUT2D eigenvalue weighted by Crippen LogP contribution is 2.30. The zero-order valence-corrected chi connectivity index (χ0v) is 19.4. The van der Waals surface area contributed by atoms with Gasteiger partial charge in [0.15, 0.2) is 0 Å². The number of amides is 2. The molecule has 3 heterocycles. The molecule has 1 aliphatic heterocycles. The third-order valence-electron chi connectivity index (χ3n) is 5.96. The van der Waals surface area contributed by atoms with E-state index in [1.807, 2.05) is 38.4 Å². The fourth-order valence-corrected chi connectivity index (χ4v) is 5.07. The van der Waals surface area contributed by atoms with Crippen LogP contribution in [0.15, 0.2) is 46.6 Å². The van der Waals surface area contributed by atoms with Gasteiger partial charge in [-0.25, -0.2) is 4.98 Å². The minimum absolute atomic E-state index is 0.0421. The lowest BCUT2D eigenvalue weighted by atomic mass is 9.91. The SMILES string of the molecule is Cc1ncsc1-c1ccc(CNC(=O)[C@@H]2CCCN2C(=O)C(c2ccno2)C(C)C)cc1. The Labute approximate surface area is 191 Å². The topological polar surface area (TPSA) is 88.3 Å². The zero-order chi connectivity index (χ0) is 22.7. The van der Waals surface area contributed by atoms with E-state index in [2.05, 4.69) is 27.6 Å². The Balaban J connectivity index is 1.39. The summed E-state index contributed by atoms with van der Waals surface area (Å²) in [5.41, 5.74) is 5.01. The van der Waals surface area contributed by atoms with Crippen LogP contribution in [0.25, 0.3) is 10.4 Å². The second-order valence-corrected chi connectivity index (χ2v) is 9.36. The first kappa shape index (κ1) is 22.2. The van der Waals surface area contributed by atoms with E-state index in [1.165, 1.54) is 0 Å². The molecule has 0 saturated carbocycles. The van der Waals surface area contributed by atoms with Gasteiger partial charge in [-0.2, -0.15) is 0 Å². The van der Waals surface area contributed by atoms with Crippen molar-refractivity contribution in [1.82, 2.24) is 20.4 Å². The number of likely N-dealkylation sites (tertiary alicyclic amines) is 1. The van der Waals surface area contributed by atoms with Gasteiger partial charge in [0.1, 0.15) is 17.7 Å². The van der Waals surface area contributed by atoms with Gasteiger partial charge < -0.3 is 14.7 Å². The summed E-state index contributed by atoms with van der Waals surface area (Å²) in [7, 11) is 0. The second-order valence-electron chi connectivity index (χ2n) is 8.51. The lowest BCUT2D eigenvalue weighted by molar-refractivity contribution is -0.140. The highest BCUT2D eigenvalue weighted by molar-refractivity contribution is 7.13. The summed E-state index contributed by atoms with van der Waals surface area (Å²) >= 11 is 1.62. The van der Waals surface area contributed by atoms with Crippen molar-refractivity contribution in [3.8, 4) is 10.4 Å². The van der Waals surface area contributed by atoms with Crippen molar-refractivity contribution in [2.75, 3.05) is 6.54 Å². The highest BCUT2D eigenvalue weighted by Gasteiger charge is 2.39. The molecule has 2 amide bonds. The fourth-order valence-electron chi connectivity index (χ4n) is 4.26. The van der Waals surface area contributed by atoms with Crippen molar-refractivity contribution in [1.29, 1.82) is 0 Å². The fraction of sp³-hybridized carbons (Fsp3) is 0.417. The molecule has 0 spiro atoms. The largest absolute Gasteiger partial charge is 0.361 e. The first-order chi connectivity index (χ1) is 15.5. The molecular formula is C24H28N4O3S. The van der Waals surface area contributed by atoms with Crippen LogP contribution in [0.5, 0.6) is 0 Å². The van der Waals surface area contributed by atoms with Gasteiger partial charge in [0.05, 0.1) is 22.3 Å². The maximum atomic E-state index is 13.3. The van der Waals surface area contributed by atoms with Gasteiger partial charge in [-0.15, -0.1) is 11.3 Å². The van der Waals surface area contributed by atoms with Crippen LogP contribution in [0.3, 0.4) is 0 Å². The van der Waals surface area contributed by atoms with Crippen LogP contribution in [0.2, 0.25) is 0 Å². The average molecular weight is 453 g/mol. The van der Waals surface area contributed by atoms with Crippen LogP contribution < -0.4 is 5.32 Å². The molecule has 32 heavy (non-hydrogen) atoms. The van der Waals surface area contributed by atoms with Crippen LogP contribution in [-0.2, 0) is 16.1 Å². The Hall–Kier alpha value is -3.00. The predicted octanol–water partition coefficient (Wildman–Crippen LogP) is 4.15. The first-order valence-electron chi connectivity index (χ1n) is 10.9. The normalized spacial score (nSPS) is 17.0. The number of aromatic nitrogens is 2. The number of hydrogen-bond acceptors (Lipinski definition) is 6. The van der Waals surface area contributed by atoms with Gasteiger partial charge in [0.2, 0.25) is 11.8 Å². The Bertz CT molecular complexity index is 1060. The van der Waals surface area contributed by atoms with Crippen molar-refractivity contribution in [2.45, 2.75) is 52.1 Å². The maximum absolute atomic E-state index is 13.3. The van der Waals surface area contributed by atoms with Gasteiger partial charge in [-0.1, -0.05) is 43.3 Å². The van der Waals surface area contributed by atoms with E-state index in [1.54, 1.807) is 28.5 Å². The van der Waals surface area contributed by atoms with Crippen molar-refractivity contribution in [3.05, 3.63) is 59.1 Å². The molecule has 0 bridgehead atoms. The van der Waals surface area contributed by atoms with Crippen molar-refractivity contribution < 1.29 is 14.1 Å². The van der Waals surface area contributed by atoms with E-state index in [-0.39, 0.29) is 17.7 Å². The Morgan fingerprint density at radius 1 is 1.25 bits per heavy atom. The van der Waals surface area contributed by atoms with Crippen molar-refractivity contribution >= 4 is 23.2 Å². The molecule has 4 rings (SSSR count). The Morgan fingerprint density at radius 2 is 2.03 bits per heavy atom. The number of carbonyl (C=O) groups is 2. The van der Waals surface area contributed by atoms with Crippen LogP contribution in [-0.4, -0.2) is 39.4 Å². The molecule has 2 atom stereocenters. The third-order valence-corrected chi connectivity index (χ3v) is 6.94. The predicted molar refractivity (Wildman–Crippen MR) is 123 cm³/mol. The average Bonchev–Trinajstić information content (AvgIpc) is 3.54. The minimum atomic E-state index is -0.453. The first-order valence-corrected chi connectivity index (χ1v) is 11.8. The molecule has 0 radical (unpaired) electrons. The molecule has 1 aromatic carbocycles. The van der Waals surface area contributed by atoms with Crippen LogP contribution in [0.4, 0.5) is 0 Å². The number of hydrogen-bond donors (Lipinski definition) is 1. The summed E-state index contributed by atoms with van der Waals surface area (Å²) < 4.78 is 5.28. The van der Waals surface area contributed by atoms with E-state index in [0.29, 0.717) is 25.3 Å². The summed E-state index contributed by atoms with van der Waals surface area (Å²) in [6.07, 6.45) is 3.03. The van der Waals surface area contributed by atoms with Gasteiger partial charge in [0, 0.05) is 19.2 Å². The molecule has 1 fully saturated rings. The van der Waals surface area contributed by atoms with Crippen molar-refractivity contribution in [3.63, 3.8) is 0 Å². The Morgan fingerprint density at radius 3 is 2.66 bits per heavy atom. The summed E-state index contributed by atoms with van der Waals surface area (Å²) in [4.78, 5) is 33.4. The molecule has 0 aliphatic carbocycles. The van der Waals surface area contributed by atoms with Gasteiger partial charge in [-0.3, -0.25) is 9.59 Å². The summed E-state index contributed by atoms with van der Waals surface area (Å²) in [6, 6.07) is 9.42. The number of nitrogens with zero attached hydrogens (tertiary/aromatic N) is 3. The Kier molecular flexibility index (Phi) is 6.69. The number of nitrogens with one attached hydrogen (secondary N) is 1. The zero-order valence-electron chi connectivity index (χ0n) is 18.6. The number of carbonyl (C=O) groups excluding carboxylic acids is 2. The van der Waals surface area contributed by atoms with Gasteiger partial charge in [-0.05, 0) is 36.8 Å². The van der Waals surface area contributed by atoms with E-state index < -0.39 is 12.0 Å². The van der Waals surface area contributed by atoms with E-state index >= 15 is 0 Å². The van der Waals surface area contributed by atoms with E-state index in [9.17, 15) is 9.59 Å². The van der Waals surface area contributed by atoms with Crippen molar-refractivity contribution in [2.24, 2.45) is 5.92 Å². The number of aryl methyl sites for hydroxylation is 1. The van der Waals surface area contributed by atoms with E-state index in [0.717, 1.165) is 28.1 Å². The minimum Gasteiger partial charge on any atom is -0.361 e. The molecule has 168 valence electrons. The smallest absolute Gasteiger partial charge is 0.243 e. The van der Waals surface area contributed by atoms with Crippen LogP contribution in [0, 0.1) is 12.8 Å². The van der Waals surface area contributed by atoms with Gasteiger partial charge >= 0.3 is 0 Å². The third kappa shape index (κ3) is 4.60. The van der Waals surface area contributed by atoms with Crippen LogP contribution in [0.1, 0.15) is 49.6 Å². The van der Waals surface area contributed by atoms with E-state index in [4.69, 9.17) is 4.52 Å². The molecule has 2 aromatic heterocycles. The molecule has 1 N–H and O–H groups in total. The maximum Gasteiger partial charge on any atom is 0.243 e. The highest BCUT2D eigenvalue weighted by atomic mass is 32.1. The summed E-state index contributed by atoms with van der Waals surface area (Å²) in [5.74, 6) is -0.0293. The molecule has 1 unspecified atom stereocenters. The monoisotopic (exact) mass is 452 g/mol. The lowest BCUT2D eigenvalue weighted by Gasteiger charge is -2.28. The number of thiazole rings is 1. The van der Waals surface area contributed by atoms with Crippen LogP contribution >= 0.6 is 11.3 Å². The molecular weight excluding hydrogens is 424 g/mol. The molecule has 1 aliphatic rings. The number of rotatable bonds is 7. The quantitative estimate of drug-likeness (QED) is 0.582. The molecule has 7 nitrogen and oxygen atoms in total. The molecule has 8 heteroatoms. The lowest BCUT2D eigenvalue weighted by Crippen LogP contribution is -2.47.